The van der Waals surface area contributed by atoms with E-state index in [1.807, 2.05) is 49.3 Å². The van der Waals surface area contributed by atoms with Gasteiger partial charge in [-0.1, -0.05) is 59.6 Å². The van der Waals surface area contributed by atoms with Crippen molar-refractivity contribution in [2.45, 2.75) is 0 Å². The molecule has 3 aromatic carbocycles. The van der Waals surface area contributed by atoms with Gasteiger partial charge in [-0.25, -0.2) is 14.4 Å². The summed E-state index contributed by atoms with van der Waals surface area (Å²) < 4.78 is 14.8. The van der Waals surface area contributed by atoms with Gasteiger partial charge >= 0.3 is 0 Å². The zero-order valence-corrected chi connectivity index (χ0v) is 20.5. The van der Waals surface area contributed by atoms with Crippen LogP contribution in [0.5, 0.6) is 0 Å². The van der Waals surface area contributed by atoms with E-state index < -0.39 is 5.82 Å². The molecule has 0 atom stereocenters. The van der Waals surface area contributed by atoms with Crippen LogP contribution in [0.2, 0.25) is 10.0 Å². The molecule has 0 fully saturated rings. The number of carbonyl (C=O) groups excluding carboxylic acids is 1. The predicted molar refractivity (Wildman–Crippen MR) is 141 cm³/mol. The molecule has 6 nitrogen and oxygen atoms in total. The number of rotatable bonds is 7. The molecule has 2 N–H and O–H groups in total. The number of halogens is 3. The fourth-order valence-corrected chi connectivity index (χ4v) is 3.86. The Bertz CT molecular complexity index is 1410. The molecule has 1 amide bonds. The van der Waals surface area contributed by atoms with E-state index >= 15 is 0 Å². The molecule has 0 aliphatic rings. The summed E-state index contributed by atoms with van der Waals surface area (Å²) in [6, 6.07) is 16.1. The first-order valence-corrected chi connectivity index (χ1v) is 11.5. The summed E-state index contributed by atoms with van der Waals surface area (Å²) in [6.45, 7) is 0.633. The number of benzene rings is 3. The third-order valence-electron chi connectivity index (χ3n) is 5.15. The van der Waals surface area contributed by atoms with Crippen LogP contribution in [0.4, 0.5) is 21.6 Å². The second kappa shape index (κ2) is 10.8. The standard InChI is InChI=1S/C26H22Cl2FN5O/c1-34(2)14-6-9-21(35)32-19-13-12-18-23(22(19)16-7-4-3-5-8-16)26(31-15-30-18)33-20-11-10-17(27)24(28)25(20)29/h3-13,15H,14H2,1-2H3,(H,32,35)(H,30,31,33)/b9-6+. The molecule has 4 aromatic rings. The average molecular weight is 510 g/mol. The number of anilines is 3. The zero-order chi connectivity index (χ0) is 24.9. The van der Waals surface area contributed by atoms with Crippen LogP contribution in [0.3, 0.4) is 0 Å². The molecule has 0 unspecified atom stereocenters. The van der Waals surface area contributed by atoms with Crippen molar-refractivity contribution in [1.29, 1.82) is 0 Å². The van der Waals surface area contributed by atoms with E-state index in [0.717, 1.165) is 5.56 Å². The monoisotopic (exact) mass is 509 g/mol. The Kier molecular flexibility index (Phi) is 7.60. The van der Waals surface area contributed by atoms with Crippen LogP contribution in [0.1, 0.15) is 0 Å². The summed E-state index contributed by atoms with van der Waals surface area (Å²) in [4.78, 5) is 23.4. The minimum absolute atomic E-state index is 0.111. The molecule has 0 radical (unpaired) electrons. The topological polar surface area (TPSA) is 70.2 Å². The van der Waals surface area contributed by atoms with E-state index in [1.54, 1.807) is 18.2 Å². The van der Waals surface area contributed by atoms with Gasteiger partial charge in [-0.2, -0.15) is 0 Å². The Labute approximate surface area is 212 Å². The molecular formula is C26H22Cl2FN5O. The zero-order valence-electron chi connectivity index (χ0n) is 19.0. The van der Waals surface area contributed by atoms with Gasteiger partial charge in [0.2, 0.25) is 5.91 Å². The highest BCUT2D eigenvalue weighted by Gasteiger charge is 2.18. The van der Waals surface area contributed by atoms with Crippen LogP contribution in [-0.4, -0.2) is 41.4 Å². The third kappa shape index (κ3) is 5.59. The largest absolute Gasteiger partial charge is 0.337 e. The molecule has 0 aliphatic heterocycles. The van der Waals surface area contributed by atoms with E-state index in [2.05, 4.69) is 20.6 Å². The molecule has 0 spiro atoms. The summed E-state index contributed by atoms with van der Waals surface area (Å²) in [5.74, 6) is -0.613. The van der Waals surface area contributed by atoms with Crippen molar-refractivity contribution in [2.75, 3.05) is 31.3 Å². The Morgan fingerprint density at radius 1 is 1.03 bits per heavy atom. The number of fused-ring (bicyclic) bond motifs is 1. The lowest BCUT2D eigenvalue weighted by atomic mass is 9.98. The van der Waals surface area contributed by atoms with Gasteiger partial charge in [-0.15, -0.1) is 0 Å². The number of likely N-dealkylation sites (N-methyl/N-ethyl adjacent to an activating group) is 1. The van der Waals surface area contributed by atoms with Crippen LogP contribution >= 0.6 is 23.2 Å². The van der Waals surface area contributed by atoms with Gasteiger partial charge in [0.1, 0.15) is 12.1 Å². The number of nitrogens with one attached hydrogen (secondary N) is 2. The highest BCUT2D eigenvalue weighted by molar-refractivity contribution is 6.42. The summed E-state index contributed by atoms with van der Waals surface area (Å²) in [5.41, 5.74) is 2.82. The van der Waals surface area contributed by atoms with Crippen molar-refractivity contribution in [2.24, 2.45) is 0 Å². The normalized spacial score (nSPS) is 11.4. The van der Waals surface area contributed by atoms with Crippen molar-refractivity contribution in [3.05, 3.63) is 88.9 Å². The molecule has 1 aromatic heterocycles. The van der Waals surface area contributed by atoms with E-state index in [0.29, 0.717) is 34.5 Å². The molecular weight excluding hydrogens is 488 g/mol. The maximum Gasteiger partial charge on any atom is 0.248 e. The number of nitrogens with zero attached hydrogens (tertiary/aromatic N) is 3. The van der Waals surface area contributed by atoms with Gasteiger partial charge in [-0.3, -0.25) is 4.79 Å². The van der Waals surface area contributed by atoms with Crippen LogP contribution < -0.4 is 10.6 Å². The summed E-state index contributed by atoms with van der Waals surface area (Å²) >= 11 is 11.9. The van der Waals surface area contributed by atoms with Crippen LogP contribution in [0.25, 0.3) is 22.0 Å². The van der Waals surface area contributed by atoms with E-state index in [1.165, 1.54) is 24.5 Å². The number of amides is 1. The van der Waals surface area contributed by atoms with E-state index in [-0.39, 0.29) is 21.6 Å². The minimum Gasteiger partial charge on any atom is -0.337 e. The lowest BCUT2D eigenvalue weighted by molar-refractivity contribution is -0.111. The van der Waals surface area contributed by atoms with Crippen LogP contribution in [0.15, 0.2) is 73.1 Å². The molecule has 0 aliphatic carbocycles. The van der Waals surface area contributed by atoms with Gasteiger partial charge in [0.05, 0.1) is 26.6 Å². The van der Waals surface area contributed by atoms with Crippen molar-refractivity contribution in [3.8, 4) is 11.1 Å². The molecule has 4 rings (SSSR count). The Morgan fingerprint density at radius 2 is 1.77 bits per heavy atom. The summed E-state index contributed by atoms with van der Waals surface area (Å²) in [5, 5.41) is 6.51. The predicted octanol–water partition coefficient (Wildman–Crippen LogP) is 6.54. The second-order valence-electron chi connectivity index (χ2n) is 7.97. The Balaban J connectivity index is 1.85. The number of aromatic nitrogens is 2. The average Bonchev–Trinajstić information content (AvgIpc) is 2.84. The SMILES string of the molecule is CN(C)C/C=C/C(=O)Nc1ccc2ncnc(Nc3ccc(Cl)c(Cl)c3F)c2c1-c1ccccc1. The maximum atomic E-state index is 14.8. The number of hydrogen-bond acceptors (Lipinski definition) is 5. The quantitative estimate of drug-likeness (QED) is 0.218. The van der Waals surface area contributed by atoms with Gasteiger partial charge in [0.25, 0.3) is 0 Å². The molecule has 0 saturated heterocycles. The highest BCUT2D eigenvalue weighted by Crippen LogP contribution is 2.40. The smallest absolute Gasteiger partial charge is 0.248 e. The highest BCUT2D eigenvalue weighted by atomic mass is 35.5. The van der Waals surface area contributed by atoms with Crippen molar-refractivity contribution in [1.82, 2.24) is 14.9 Å². The minimum atomic E-state index is -0.692. The van der Waals surface area contributed by atoms with Gasteiger partial charge in [-0.05, 0) is 43.9 Å². The van der Waals surface area contributed by atoms with Gasteiger partial charge < -0.3 is 15.5 Å². The van der Waals surface area contributed by atoms with E-state index in [9.17, 15) is 9.18 Å². The first-order valence-electron chi connectivity index (χ1n) is 10.7. The summed E-state index contributed by atoms with van der Waals surface area (Å²) in [7, 11) is 3.84. The number of carbonyl (C=O) groups is 1. The van der Waals surface area contributed by atoms with Crippen molar-refractivity contribution in [3.63, 3.8) is 0 Å². The van der Waals surface area contributed by atoms with Gasteiger partial charge in [0.15, 0.2) is 5.82 Å². The maximum absolute atomic E-state index is 14.8. The number of hydrogen-bond donors (Lipinski definition) is 2. The molecule has 0 saturated carbocycles. The molecule has 35 heavy (non-hydrogen) atoms. The summed E-state index contributed by atoms with van der Waals surface area (Å²) in [6.07, 6.45) is 4.66. The lowest BCUT2D eigenvalue weighted by Gasteiger charge is -2.17. The van der Waals surface area contributed by atoms with Crippen LogP contribution in [0, 0.1) is 5.82 Å². The fourth-order valence-electron chi connectivity index (χ4n) is 3.55. The molecule has 1 heterocycles. The lowest BCUT2D eigenvalue weighted by Crippen LogP contribution is -2.13. The fraction of sp³-hybridized carbons (Fsp3) is 0.115. The Hall–Kier alpha value is -3.52. The Morgan fingerprint density at radius 3 is 2.51 bits per heavy atom. The van der Waals surface area contributed by atoms with Crippen LogP contribution in [-0.2, 0) is 4.79 Å². The first-order chi connectivity index (χ1) is 16.8. The second-order valence-corrected chi connectivity index (χ2v) is 8.76. The van der Waals surface area contributed by atoms with E-state index in [4.69, 9.17) is 23.2 Å². The van der Waals surface area contributed by atoms with Gasteiger partial charge in [0, 0.05) is 23.9 Å². The van der Waals surface area contributed by atoms with Crippen molar-refractivity contribution >= 4 is 57.2 Å². The molecule has 178 valence electrons. The first kappa shape index (κ1) is 24.6. The molecule has 9 heteroatoms. The third-order valence-corrected chi connectivity index (χ3v) is 5.93. The van der Waals surface area contributed by atoms with Crippen molar-refractivity contribution < 1.29 is 9.18 Å². The molecule has 0 bridgehead atoms.